The Hall–Kier alpha value is -2.23. The van der Waals surface area contributed by atoms with E-state index in [1.54, 1.807) is 6.07 Å². The molecule has 0 bridgehead atoms. The highest BCUT2D eigenvalue weighted by Crippen LogP contribution is 2.22. The second kappa shape index (κ2) is 2.63. The van der Waals surface area contributed by atoms with E-state index in [9.17, 15) is 9.90 Å². The van der Waals surface area contributed by atoms with Crippen molar-refractivity contribution in [2.45, 2.75) is 0 Å². The number of H-pyrrole nitrogens is 1. The Bertz CT molecular complexity index is 708. The summed E-state index contributed by atoms with van der Waals surface area (Å²) in [6.45, 7) is 0. The normalized spacial score (nSPS) is 11.2. The summed E-state index contributed by atoms with van der Waals surface area (Å²) in [5, 5.41) is 10.9. The fourth-order valence-electron chi connectivity index (χ4n) is 1.66. The van der Waals surface area contributed by atoms with Gasteiger partial charge in [-0.25, -0.2) is 4.79 Å². The summed E-state index contributed by atoms with van der Waals surface area (Å²) < 4.78 is 4.94. The minimum Gasteiger partial charge on any atom is -0.502 e. The summed E-state index contributed by atoms with van der Waals surface area (Å²) in [5.74, 6) is -0.364. The Kier molecular flexibility index (Phi) is 1.42. The van der Waals surface area contributed by atoms with Gasteiger partial charge in [-0.1, -0.05) is 0 Å². The van der Waals surface area contributed by atoms with Crippen molar-refractivity contribution in [3.8, 4) is 5.75 Å². The molecule has 0 fully saturated rings. The maximum Gasteiger partial charge on any atom is 0.378 e. The number of hydrogen-bond donors (Lipinski definition) is 2. The van der Waals surface area contributed by atoms with Gasteiger partial charge in [-0.2, -0.15) is 0 Å². The zero-order valence-corrected chi connectivity index (χ0v) is 7.65. The number of nitrogens with one attached hydrogen (secondary N) is 1. The van der Waals surface area contributed by atoms with Crippen molar-refractivity contribution in [3.63, 3.8) is 0 Å². The molecule has 0 atom stereocenters. The lowest BCUT2D eigenvalue weighted by molar-refractivity contribution is 0.428. The van der Waals surface area contributed by atoms with Gasteiger partial charge in [-0.05, 0) is 18.2 Å². The Morgan fingerprint density at radius 2 is 2.07 bits per heavy atom. The van der Waals surface area contributed by atoms with Crippen LogP contribution >= 0.6 is 0 Å². The molecule has 0 aliphatic rings. The summed E-state index contributed by atoms with van der Waals surface area (Å²) in [6.07, 6.45) is 1.81. The first-order chi connectivity index (χ1) is 7.24. The molecule has 0 spiro atoms. The molecule has 4 heteroatoms. The number of fused-ring (bicyclic) bond motifs is 2. The van der Waals surface area contributed by atoms with Gasteiger partial charge in [0.25, 0.3) is 0 Å². The monoisotopic (exact) mass is 201 g/mol. The van der Waals surface area contributed by atoms with Gasteiger partial charge in [-0.3, -0.25) is 0 Å². The Morgan fingerprint density at radius 1 is 1.20 bits per heavy atom. The molecule has 0 unspecified atom stereocenters. The van der Waals surface area contributed by atoms with Crippen LogP contribution in [0.2, 0.25) is 0 Å². The zero-order valence-electron chi connectivity index (χ0n) is 7.65. The second-order valence-corrected chi connectivity index (χ2v) is 3.37. The van der Waals surface area contributed by atoms with Crippen LogP contribution in [-0.2, 0) is 0 Å². The van der Waals surface area contributed by atoms with Gasteiger partial charge < -0.3 is 14.5 Å². The molecule has 3 rings (SSSR count). The van der Waals surface area contributed by atoms with E-state index in [2.05, 4.69) is 4.98 Å². The number of aromatic nitrogens is 1. The zero-order chi connectivity index (χ0) is 10.4. The second-order valence-electron chi connectivity index (χ2n) is 3.37. The summed E-state index contributed by atoms with van der Waals surface area (Å²) >= 11 is 0. The van der Waals surface area contributed by atoms with Crippen LogP contribution in [0.25, 0.3) is 21.9 Å². The molecule has 2 heterocycles. The minimum atomic E-state index is -0.714. The van der Waals surface area contributed by atoms with Gasteiger partial charge in [0.15, 0.2) is 0 Å². The SMILES string of the molecule is O=c1oc2cc3[nH]ccc3cc2cc1O. The molecule has 74 valence electrons. The average Bonchev–Trinajstić information content (AvgIpc) is 2.63. The molecule has 3 aromatic rings. The maximum absolute atomic E-state index is 11.1. The van der Waals surface area contributed by atoms with Crippen molar-refractivity contribution in [2.75, 3.05) is 0 Å². The third-order valence-corrected chi connectivity index (χ3v) is 2.39. The lowest BCUT2D eigenvalue weighted by Gasteiger charge is -1.97. The highest BCUT2D eigenvalue weighted by molar-refractivity contribution is 5.94. The van der Waals surface area contributed by atoms with E-state index in [0.717, 1.165) is 10.9 Å². The predicted octanol–water partition coefficient (Wildman–Crippen LogP) is 1.98. The van der Waals surface area contributed by atoms with Crippen LogP contribution in [0.4, 0.5) is 0 Å². The molecular formula is C11H7NO3. The van der Waals surface area contributed by atoms with Crippen LogP contribution in [0, 0.1) is 0 Å². The van der Waals surface area contributed by atoms with Gasteiger partial charge >= 0.3 is 5.63 Å². The van der Waals surface area contributed by atoms with Crippen molar-refractivity contribution in [1.82, 2.24) is 4.98 Å². The molecule has 2 aromatic heterocycles. The highest BCUT2D eigenvalue weighted by atomic mass is 16.4. The van der Waals surface area contributed by atoms with Gasteiger partial charge in [0.05, 0.1) is 0 Å². The fourth-order valence-corrected chi connectivity index (χ4v) is 1.66. The molecule has 2 N–H and O–H groups in total. The van der Waals surface area contributed by atoms with Crippen LogP contribution in [0.1, 0.15) is 0 Å². The van der Waals surface area contributed by atoms with Gasteiger partial charge in [0.1, 0.15) is 5.58 Å². The number of benzene rings is 1. The first kappa shape index (κ1) is 8.11. The smallest absolute Gasteiger partial charge is 0.378 e. The molecule has 4 nitrogen and oxygen atoms in total. The molecule has 15 heavy (non-hydrogen) atoms. The van der Waals surface area contributed by atoms with E-state index in [-0.39, 0.29) is 5.75 Å². The summed E-state index contributed by atoms with van der Waals surface area (Å²) in [4.78, 5) is 14.1. The summed E-state index contributed by atoms with van der Waals surface area (Å²) in [6, 6.07) is 6.92. The summed E-state index contributed by atoms with van der Waals surface area (Å²) in [5.41, 5.74) is 0.650. The first-order valence-electron chi connectivity index (χ1n) is 4.48. The van der Waals surface area contributed by atoms with Gasteiger partial charge in [-0.15, -0.1) is 0 Å². The molecule has 1 aromatic carbocycles. The molecule has 0 aliphatic carbocycles. The van der Waals surface area contributed by atoms with Crippen LogP contribution in [0.5, 0.6) is 5.75 Å². The van der Waals surface area contributed by atoms with Crippen molar-refractivity contribution in [2.24, 2.45) is 0 Å². The van der Waals surface area contributed by atoms with Crippen molar-refractivity contribution < 1.29 is 9.52 Å². The first-order valence-corrected chi connectivity index (χ1v) is 4.48. The van der Waals surface area contributed by atoms with Crippen LogP contribution in [-0.4, -0.2) is 10.1 Å². The van der Waals surface area contributed by atoms with Crippen LogP contribution in [0.3, 0.4) is 0 Å². The number of hydrogen-bond acceptors (Lipinski definition) is 3. The third kappa shape index (κ3) is 1.11. The Balaban J connectivity index is 2.54. The van der Waals surface area contributed by atoms with Crippen molar-refractivity contribution >= 4 is 21.9 Å². The number of rotatable bonds is 0. The quantitative estimate of drug-likeness (QED) is 0.546. The molecule has 0 saturated carbocycles. The van der Waals surface area contributed by atoms with Crippen molar-refractivity contribution in [1.29, 1.82) is 0 Å². The fraction of sp³-hybridized carbons (Fsp3) is 0. The largest absolute Gasteiger partial charge is 0.502 e. The van der Waals surface area contributed by atoms with E-state index in [1.807, 2.05) is 18.3 Å². The predicted molar refractivity (Wildman–Crippen MR) is 56.0 cm³/mol. The molecule has 0 saturated heterocycles. The molecule has 0 aliphatic heterocycles. The summed E-state index contributed by atoms with van der Waals surface area (Å²) in [7, 11) is 0. The van der Waals surface area contributed by atoms with Gasteiger partial charge in [0.2, 0.25) is 5.75 Å². The average molecular weight is 201 g/mol. The number of aromatic amines is 1. The standard InChI is InChI=1S/C11H7NO3/c13-9-4-7-3-6-1-2-12-8(6)5-10(7)15-11(9)14/h1-5,12-13H. The van der Waals surface area contributed by atoms with E-state index in [0.29, 0.717) is 11.0 Å². The highest BCUT2D eigenvalue weighted by Gasteiger charge is 2.05. The maximum atomic E-state index is 11.1. The minimum absolute atomic E-state index is 0.364. The van der Waals surface area contributed by atoms with Gasteiger partial charge in [0, 0.05) is 28.6 Å². The van der Waals surface area contributed by atoms with Crippen LogP contribution in [0.15, 0.2) is 39.7 Å². The van der Waals surface area contributed by atoms with E-state index < -0.39 is 5.63 Å². The van der Waals surface area contributed by atoms with E-state index in [4.69, 9.17) is 4.42 Å². The van der Waals surface area contributed by atoms with Crippen molar-refractivity contribution in [3.05, 3.63) is 40.9 Å². The Labute approximate surface area is 83.8 Å². The number of aromatic hydroxyl groups is 1. The molecule has 0 radical (unpaired) electrons. The lowest BCUT2D eigenvalue weighted by atomic mass is 10.2. The third-order valence-electron chi connectivity index (χ3n) is 2.39. The van der Waals surface area contributed by atoms with E-state index in [1.165, 1.54) is 6.07 Å². The lowest BCUT2D eigenvalue weighted by Crippen LogP contribution is -1.96. The Morgan fingerprint density at radius 3 is 2.93 bits per heavy atom. The van der Waals surface area contributed by atoms with Crippen LogP contribution < -0.4 is 5.63 Å². The molecule has 0 amide bonds. The molecular weight excluding hydrogens is 194 g/mol. The topological polar surface area (TPSA) is 66.2 Å². The van der Waals surface area contributed by atoms with E-state index >= 15 is 0 Å².